The van der Waals surface area contributed by atoms with Crippen molar-refractivity contribution < 1.29 is 31.9 Å². The number of hydrogen-bond acceptors (Lipinski definition) is 2. The van der Waals surface area contributed by atoms with Crippen molar-refractivity contribution in [2.45, 2.75) is 31.2 Å². The molecule has 1 saturated carbocycles. The van der Waals surface area contributed by atoms with Crippen LogP contribution in [0.1, 0.15) is 36.0 Å². The first-order valence-corrected chi connectivity index (χ1v) is 6.28. The molecular formula is C13H12F5NO2. The van der Waals surface area contributed by atoms with Gasteiger partial charge in [0.25, 0.3) is 5.91 Å². The van der Waals surface area contributed by atoms with E-state index < -0.39 is 52.7 Å². The van der Waals surface area contributed by atoms with E-state index in [4.69, 9.17) is 0 Å². The van der Waals surface area contributed by atoms with Crippen molar-refractivity contribution >= 4 is 5.91 Å². The van der Waals surface area contributed by atoms with Crippen LogP contribution in [0, 0.1) is 29.1 Å². The molecule has 1 fully saturated rings. The number of halogens is 5. The van der Waals surface area contributed by atoms with Crippen molar-refractivity contribution in [1.29, 1.82) is 0 Å². The first kappa shape index (κ1) is 15.7. The van der Waals surface area contributed by atoms with Gasteiger partial charge in [0.1, 0.15) is 5.56 Å². The molecule has 8 heteroatoms. The largest absolute Gasteiger partial charge is 0.394 e. The fraction of sp³-hybridized carbons (Fsp3) is 0.462. The van der Waals surface area contributed by atoms with Crippen LogP contribution < -0.4 is 5.32 Å². The third-order valence-corrected chi connectivity index (χ3v) is 3.68. The lowest BCUT2D eigenvalue weighted by atomic mass is 9.98. The molecule has 0 unspecified atom stereocenters. The van der Waals surface area contributed by atoms with E-state index >= 15 is 0 Å². The lowest BCUT2D eigenvalue weighted by molar-refractivity contribution is 0.0827. The maximum atomic E-state index is 13.5. The van der Waals surface area contributed by atoms with Crippen LogP contribution in [-0.4, -0.2) is 23.2 Å². The number of nitrogens with one attached hydrogen (secondary N) is 1. The van der Waals surface area contributed by atoms with E-state index in [1.807, 2.05) is 0 Å². The van der Waals surface area contributed by atoms with Gasteiger partial charge in [-0.2, -0.15) is 0 Å². The van der Waals surface area contributed by atoms with Crippen molar-refractivity contribution in [1.82, 2.24) is 5.32 Å². The Morgan fingerprint density at radius 1 is 0.952 bits per heavy atom. The Balaban J connectivity index is 2.40. The Hall–Kier alpha value is -1.70. The minimum Gasteiger partial charge on any atom is -0.394 e. The Morgan fingerprint density at radius 2 is 1.38 bits per heavy atom. The number of rotatable bonds is 3. The highest BCUT2D eigenvalue weighted by Crippen LogP contribution is 2.30. The normalized spacial score (nSPS) is 17.0. The zero-order valence-electron chi connectivity index (χ0n) is 10.8. The number of benzene rings is 1. The van der Waals surface area contributed by atoms with Gasteiger partial charge in [0, 0.05) is 0 Å². The molecule has 1 aliphatic carbocycles. The Bertz CT molecular complexity index is 555. The maximum Gasteiger partial charge on any atom is 0.257 e. The molecule has 1 aromatic carbocycles. The van der Waals surface area contributed by atoms with Crippen LogP contribution in [0.3, 0.4) is 0 Å². The maximum absolute atomic E-state index is 13.5. The molecule has 0 saturated heterocycles. The van der Waals surface area contributed by atoms with Gasteiger partial charge in [-0.25, -0.2) is 22.0 Å². The highest BCUT2D eigenvalue weighted by Gasteiger charge is 2.37. The van der Waals surface area contributed by atoms with Gasteiger partial charge in [-0.3, -0.25) is 4.79 Å². The first-order valence-electron chi connectivity index (χ1n) is 6.28. The second kappa shape index (κ2) is 5.59. The minimum atomic E-state index is -2.32. The van der Waals surface area contributed by atoms with Crippen LogP contribution in [0.2, 0.25) is 0 Å². The van der Waals surface area contributed by atoms with E-state index in [1.54, 1.807) is 0 Å². The summed E-state index contributed by atoms with van der Waals surface area (Å²) in [6.45, 7) is -0.478. The second-order valence-electron chi connectivity index (χ2n) is 5.04. The van der Waals surface area contributed by atoms with Crippen LogP contribution in [0.15, 0.2) is 0 Å². The van der Waals surface area contributed by atoms with Gasteiger partial charge < -0.3 is 10.4 Å². The molecular weight excluding hydrogens is 297 g/mol. The zero-order valence-corrected chi connectivity index (χ0v) is 10.8. The van der Waals surface area contributed by atoms with Crippen molar-refractivity contribution in [3.05, 3.63) is 34.6 Å². The number of aliphatic hydroxyl groups is 1. The lowest BCUT2D eigenvalue weighted by Crippen LogP contribution is -2.49. The van der Waals surface area contributed by atoms with Crippen molar-refractivity contribution in [3.63, 3.8) is 0 Å². The number of aliphatic hydroxyl groups excluding tert-OH is 1. The van der Waals surface area contributed by atoms with Crippen LogP contribution in [0.4, 0.5) is 22.0 Å². The SMILES string of the molecule is O=C(NC1(CO)CCCC1)c1c(F)c(F)c(F)c(F)c1F. The first-order chi connectivity index (χ1) is 9.83. The molecule has 2 N–H and O–H groups in total. The van der Waals surface area contributed by atoms with E-state index in [-0.39, 0.29) is 0 Å². The summed E-state index contributed by atoms with van der Waals surface area (Å²) < 4.78 is 66.1. The standard InChI is InChI=1S/C13H12F5NO2/c14-7-6(8(15)10(17)11(18)9(7)16)12(21)19-13(5-20)3-1-2-4-13/h20H,1-5H2,(H,19,21). The van der Waals surface area contributed by atoms with Gasteiger partial charge in [0.15, 0.2) is 23.3 Å². The number of amides is 1. The highest BCUT2D eigenvalue weighted by atomic mass is 19.2. The fourth-order valence-corrected chi connectivity index (χ4v) is 2.48. The average molecular weight is 309 g/mol. The third kappa shape index (κ3) is 2.59. The van der Waals surface area contributed by atoms with Gasteiger partial charge in [-0.05, 0) is 12.8 Å². The van der Waals surface area contributed by atoms with E-state index in [0.29, 0.717) is 25.7 Å². The molecule has 0 radical (unpaired) electrons. The molecule has 0 bridgehead atoms. The topological polar surface area (TPSA) is 49.3 Å². The van der Waals surface area contributed by atoms with Gasteiger partial charge in [-0.15, -0.1) is 0 Å². The lowest BCUT2D eigenvalue weighted by Gasteiger charge is -2.28. The summed E-state index contributed by atoms with van der Waals surface area (Å²) in [7, 11) is 0. The highest BCUT2D eigenvalue weighted by molar-refractivity contribution is 5.95. The Morgan fingerprint density at radius 3 is 1.81 bits per heavy atom. The van der Waals surface area contributed by atoms with E-state index in [1.165, 1.54) is 0 Å². The predicted octanol–water partition coefficient (Wildman–Crippen LogP) is 2.42. The van der Waals surface area contributed by atoms with E-state index in [9.17, 15) is 31.9 Å². The van der Waals surface area contributed by atoms with Crippen molar-refractivity contribution in [2.24, 2.45) is 0 Å². The molecule has 0 heterocycles. The van der Waals surface area contributed by atoms with Crippen LogP contribution in [0.25, 0.3) is 0 Å². The van der Waals surface area contributed by atoms with E-state index in [2.05, 4.69) is 5.32 Å². The average Bonchev–Trinajstić information content (AvgIpc) is 2.92. The summed E-state index contributed by atoms with van der Waals surface area (Å²) >= 11 is 0. The number of hydrogen-bond donors (Lipinski definition) is 2. The summed E-state index contributed by atoms with van der Waals surface area (Å²) in [5, 5.41) is 11.5. The molecule has 2 rings (SSSR count). The fourth-order valence-electron chi connectivity index (χ4n) is 2.48. The van der Waals surface area contributed by atoms with Gasteiger partial charge in [0.05, 0.1) is 12.1 Å². The third-order valence-electron chi connectivity index (χ3n) is 3.68. The number of carbonyl (C=O) groups excluding carboxylic acids is 1. The smallest absolute Gasteiger partial charge is 0.257 e. The second-order valence-corrected chi connectivity index (χ2v) is 5.04. The van der Waals surface area contributed by atoms with Crippen LogP contribution in [-0.2, 0) is 0 Å². The molecule has 0 spiro atoms. The molecule has 1 amide bonds. The summed E-state index contributed by atoms with van der Waals surface area (Å²) in [5.74, 6) is -12.5. The zero-order chi connectivity index (χ0) is 15.8. The number of carbonyl (C=O) groups is 1. The van der Waals surface area contributed by atoms with Crippen LogP contribution >= 0.6 is 0 Å². The molecule has 3 nitrogen and oxygen atoms in total. The molecule has 0 aliphatic heterocycles. The van der Waals surface area contributed by atoms with E-state index in [0.717, 1.165) is 0 Å². The van der Waals surface area contributed by atoms with Crippen molar-refractivity contribution in [2.75, 3.05) is 6.61 Å². The molecule has 1 aromatic rings. The summed E-state index contributed by atoms with van der Waals surface area (Å²) in [4.78, 5) is 11.9. The summed E-state index contributed by atoms with van der Waals surface area (Å²) in [6.07, 6.45) is 2.09. The monoisotopic (exact) mass is 309 g/mol. The summed E-state index contributed by atoms with van der Waals surface area (Å²) in [6, 6.07) is 0. The van der Waals surface area contributed by atoms with Gasteiger partial charge in [0.2, 0.25) is 5.82 Å². The van der Waals surface area contributed by atoms with Gasteiger partial charge in [-0.1, -0.05) is 12.8 Å². The van der Waals surface area contributed by atoms with Gasteiger partial charge >= 0.3 is 0 Å². The minimum absolute atomic E-state index is 0.366. The molecule has 0 atom stereocenters. The summed E-state index contributed by atoms with van der Waals surface area (Å²) in [5.41, 5.74) is -2.62. The molecule has 116 valence electrons. The molecule has 21 heavy (non-hydrogen) atoms. The predicted molar refractivity (Wildman–Crippen MR) is 62.0 cm³/mol. The molecule has 0 aromatic heterocycles. The Labute approximate surface area is 116 Å². The molecule has 1 aliphatic rings. The van der Waals surface area contributed by atoms with Crippen LogP contribution in [0.5, 0.6) is 0 Å². The Kier molecular flexibility index (Phi) is 4.18. The quantitative estimate of drug-likeness (QED) is 0.512. The van der Waals surface area contributed by atoms with Crippen molar-refractivity contribution in [3.8, 4) is 0 Å².